The molecule has 1 aliphatic rings. The first-order valence-corrected chi connectivity index (χ1v) is 11.6. The lowest BCUT2D eigenvalue weighted by molar-refractivity contribution is -0.145. The van der Waals surface area contributed by atoms with Crippen molar-refractivity contribution in [1.82, 2.24) is 25.5 Å². The van der Waals surface area contributed by atoms with Gasteiger partial charge in [0, 0.05) is 31.3 Å². The minimum Gasteiger partial charge on any atom is -0.480 e. The molecule has 0 aliphatic carbocycles. The molecular weight excluding hydrogens is 458 g/mol. The number of H-pyrrole nitrogens is 1. The van der Waals surface area contributed by atoms with Gasteiger partial charge in [-0.15, -0.1) is 0 Å². The topological polar surface area (TPSA) is 214 Å². The number of imidazole rings is 1. The van der Waals surface area contributed by atoms with Crippen molar-refractivity contribution in [3.63, 3.8) is 0 Å². The van der Waals surface area contributed by atoms with Gasteiger partial charge in [-0.25, -0.2) is 9.78 Å². The molecule has 4 atom stereocenters. The minimum atomic E-state index is -1.31. The Bertz CT molecular complexity index is 904. The Morgan fingerprint density at radius 1 is 1.23 bits per heavy atom. The van der Waals surface area contributed by atoms with Gasteiger partial charge in [-0.1, -0.05) is 13.8 Å². The van der Waals surface area contributed by atoms with E-state index in [4.69, 9.17) is 11.5 Å². The molecule has 13 nitrogen and oxygen atoms in total. The van der Waals surface area contributed by atoms with Crippen LogP contribution in [0.25, 0.3) is 0 Å². The van der Waals surface area contributed by atoms with E-state index in [1.54, 1.807) is 6.20 Å². The van der Waals surface area contributed by atoms with Gasteiger partial charge in [-0.2, -0.15) is 0 Å². The van der Waals surface area contributed by atoms with Crippen molar-refractivity contribution in [2.45, 2.75) is 76.5 Å². The van der Waals surface area contributed by atoms with Crippen molar-refractivity contribution in [2.75, 3.05) is 6.54 Å². The van der Waals surface area contributed by atoms with Crippen LogP contribution in [-0.4, -0.2) is 80.3 Å². The van der Waals surface area contributed by atoms with Crippen molar-refractivity contribution in [1.29, 1.82) is 0 Å². The van der Waals surface area contributed by atoms with Crippen LogP contribution in [0, 0.1) is 5.92 Å². The molecule has 4 unspecified atom stereocenters. The van der Waals surface area contributed by atoms with Crippen LogP contribution in [0.4, 0.5) is 0 Å². The number of primary amides is 1. The number of carbonyl (C=O) groups is 5. The van der Waals surface area contributed by atoms with Crippen molar-refractivity contribution in [2.24, 2.45) is 17.4 Å². The first kappa shape index (κ1) is 27.8. The fraction of sp³-hybridized carbons (Fsp3) is 0.636. The molecule has 35 heavy (non-hydrogen) atoms. The second kappa shape index (κ2) is 12.8. The SMILES string of the molecule is CC(C)CC(NC(=O)C(N)Cc1cnc[nH]1)C(=O)N1CCCC1C(=O)NC(CCC(N)=O)C(=O)O. The average Bonchev–Trinajstić information content (AvgIpc) is 3.46. The van der Waals surface area contributed by atoms with Gasteiger partial charge in [0.1, 0.15) is 18.1 Å². The number of likely N-dealkylation sites (tertiary alicyclic amines) is 1. The first-order valence-electron chi connectivity index (χ1n) is 11.6. The molecule has 1 fully saturated rings. The molecule has 0 aromatic carbocycles. The summed E-state index contributed by atoms with van der Waals surface area (Å²) in [5, 5.41) is 14.5. The van der Waals surface area contributed by atoms with E-state index in [1.807, 2.05) is 13.8 Å². The summed E-state index contributed by atoms with van der Waals surface area (Å²) in [5.74, 6) is -3.47. The third kappa shape index (κ3) is 8.35. The molecule has 0 spiro atoms. The first-order chi connectivity index (χ1) is 16.5. The standard InChI is InChI=1S/C22H35N7O6/c1-12(2)8-16(28-19(31)14(23)9-13-10-25-11-26-13)21(33)29-7-3-4-17(29)20(32)27-15(22(34)35)5-6-18(24)30/h10-12,14-17H,3-9,23H2,1-2H3,(H2,24,30)(H,25,26)(H,27,32)(H,28,31)(H,34,35). The number of hydrogen-bond acceptors (Lipinski definition) is 7. The van der Waals surface area contributed by atoms with Gasteiger partial charge in [0.15, 0.2) is 0 Å². The Morgan fingerprint density at radius 2 is 1.94 bits per heavy atom. The largest absolute Gasteiger partial charge is 0.480 e. The normalized spacial score (nSPS) is 18.1. The second-order valence-corrected chi connectivity index (χ2v) is 9.17. The average molecular weight is 494 g/mol. The molecule has 1 saturated heterocycles. The highest BCUT2D eigenvalue weighted by molar-refractivity contribution is 5.94. The molecule has 194 valence electrons. The summed E-state index contributed by atoms with van der Waals surface area (Å²) < 4.78 is 0. The Balaban J connectivity index is 2.08. The maximum Gasteiger partial charge on any atom is 0.326 e. The molecule has 13 heteroatoms. The van der Waals surface area contributed by atoms with Gasteiger partial charge in [-0.3, -0.25) is 19.2 Å². The Morgan fingerprint density at radius 3 is 2.51 bits per heavy atom. The number of carboxylic acids is 1. The fourth-order valence-corrected chi connectivity index (χ4v) is 4.01. The number of nitrogens with zero attached hydrogens (tertiary/aromatic N) is 2. The van der Waals surface area contributed by atoms with Crippen LogP contribution < -0.4 is 22.1 Å². The van der Waals surface area contributed by atoms with E-state index in [9.17, 15) is 29.1 Å². The number of hydrogen-bond donors (Lipinski definition) is 6. The van der Waals surface area contributed by atoms with E-state index in [0.717, 1.165) is 0 Å². The molecule has 1 aromatic rings. The predicted octanol–water partition coefficient (Wildman–Crippen LogP) is -1.36. The van der Waals surface area contributed by atoms with Gasteiger partial charge in [0.05, 0.1) is 12.4 Å². The molecule has 2 rings (SSSR count). The number of nitrogens with one attached hydrogen (secondary N) is 3. The monoisotopic (exact) mass is 493 g/mol. The lowest BCUT2D eigenvalue weighted by Gasteiger charge is -2.30. The maximum absolute atomic E-state index is 13.4. The smallest absolute Gasteiger partial charge is 0.326 e. The Hall–Kier alpha value is -3.48. The maximum atomic E-state index is 13.4. The third-order valence-electron chi connectivity index (χ3n) is 5.79. The van der Waals surface area contributed by atoms with Crippen LogP contribution in [0.1, 0.15) is 51.6 Å². The fourth-order valence-electron chi connectivity index (χ4n) is 4.01. The number of aromatic amines is 1. The summed E-state index contributed by atoms with van der Waals surface area (Å²) in [6, 6.07) is -3.99. The van der Waals surface area contributed by atoms with Crippen molar-refractivity contribution in [3.8, 4) is 0 Å². The highest BCUT2D eigenvalue weighted by Crippen LogP contribution is 2.21. The lowest BCUT2D eigenvalue weighted by atomic mass is 10.0. The van der Waals surface area contributed by atoms with Crippen molar-refractivity contribution >= 4 is 29.6 Å². The molecule has 1 aliphatic heterocycles. The number of nitrogens with two attached hydrogens (primary N) is 2. The highest BCUT2D eigenvalue weighted by atomic mass is 16.4. The third-order valence-corrected chi connectivity index (χ3v) is 5.79. The lowest BCUT2D eigenvalue weighted by Crippen LogP contribution is -2.57. The Labute approximate surface area is 203 Å². The van der Waals surface area contributed by atoms with E-state index in [-0.39, 0.29) is 25.2 Å². The van der Waals surface area contributed by atoms with Crippen LogP contribution in [0.15, 0.2) is 12.5 Å². The molecule has 4 amide bonds. The predicted molar refractivity (Wildman–Crippen MR) is 124 cm³/mol. The number of carboxylic acid groups (broad SMARTS) is 1. The zero-order valence-corrected chi connectivity index (χ0v) is 20.0. The van der Waals surface area contributed by atoms with E-state index in [2.05, 4.69) is 20.6 Å². The number of rotatable bonds is 13. The highest BCUT2D eigenvalue weighted by Gasteiger charge is 2.39. The number of aromatic nitrogens is 2. The quantitative estimate of drug-likeness (QED) is 0.192. The molecule has 0 bridgehead atoms. The summed E-state index contributed by atoms with van der Waals surface area (Å²) in [6.07, 6.45) is 4.13. The summed E-state index contributed by atoms with van der Waals surface area (Å²) in [5.41, 5.74) is 11.8. The zero-order chi connectivity index (χ0) is 26.1. The number of aliphatic carboxylic acids is 1. The van der Waals surface area contributed by atoms with Gasteiger partial charge in [0.2, 0.25) is 23.6 Å². The molecule has 1 aromatic heterocycles. The summed E-state index contributed by atoms with van der Waals surface area (Å²) in [7, 11) is 0. The molecular formula is C22H35N7O6. The summed E-state index contributed by atoms with van der Waals surface area (Å²) >= 11 is 0. The molecule has 0 saturated carbocycles. The summed E-state index contributed by atoms with van der Waals surface area (Å²) in [4.78, 5) is 69.6. The van der Waals surface area contributed by atoms with Crippen LogP contribution >= 0.6 is 0 Å². The van der Waals surface area contributed by atoms with E-state index < -0.39 is 53.8 Å². The minimum absolute atomic E-state index is 0.0631. The summed E-state index contributed by atoms with van der Waals surface area (Å²) in [6.45, 7) is 4.10. The van der Waals surface area contributed by atoms with Gasteiger partial charge in [-0.05, 0) is 31.6 Å². The van der Waals surface area contributed by atoms with Crippen LogP contribution in [0.5, 0.6) is 0 Å². The van der Waals surface area contributed by atoms with Crippen LogP contribution in [0.3, 0.4) is 0 Å². The number of amides is 4. The van der Waals surface area contributed by atoms with Crippen molar-refractivity contribution < 1.29 is 29.1 Å². The van der Waals surface area contributed by atoms with Gasteiger partial charge >= 0.3 is 5.97 Å². The molecule has 8 N–H and O–H groups in total. The zero-order valence-electron chi connectivity index (χ0n) is 20.0. The van der Waals surface area contributed by atoms with Gasteiger partial charge in [0.25, 0.3) is 0 Å². The molecule has 2 heterocycles. The van der Waals surface area contributed by atoms with E-state index in [0.29, 0.717) is 31.5 Å². The van der Waals surface area contributed by atoms with Crippen LogP contribution in [-0.2, 0) is 30.4 Å². The Kier molecular flexibility index (Phi) is 10.2. The van der Waals surface area contributed by atoms with Crippen LogP contribution in [0.2, 0.25) is 0 Å². The molecule has 0 radical (unpaired) electrons. The van der Waals surface area contributed by atoms with E-state index >= 15 is 0 Å². The second-order valence-electron chi connectivity index (χ2n) is 9.17. The van der Waals surface area contributed by atoms with Gasteiger partial charge < -0.3 is 37.1 Å². The van der Waals surface area contributed by atoms with Crippen molar-refractivity contribution in [3.05, 3.63) is 18.2 Å². The number of carbonyl (C=O) groups excluding carboxylic acids is 4. The van der Waals surface area contributed by atoms with E-state index in [1.165, 1.54) is 11.2 Å².